The Kier molecular flexibility index (Phi) is 37.1. The van der Waals surface area contributed by atoms with Crippen LogP contribution in [0.2, 0.25) is 0 Å². The van der Waals surface area contributed by atoms with E-state index in [-0.39, 0.29) is 32.3 Å². The zero-order chi connectivity index (χ0) is 35.9. The molecule has 0 aromatic heterocycles. The number of hydrogen-bond donors (Lipinski definition) is 2. The van der Waals surface area contributed by atoms with Gasteiger partial charge < -0.3 is 20.1 Å². The molecule has 0 aliphatic heterocycles. The Morgan fingerprint density at radius 2 is 1.04 bits per heavy atom. The normalized spacial score (nSPS) is 13.7. The lowest BCUT2D eigenvalue weighted by molar-refractivity contribution is -0.153. The molecule has 0 aliphatic rings. The zero-order valence-electron chi connectivity index (χ0n) is 31.9. The third-order valence-electron chi connectivity index (χ3n) is 8.69. The summed E-state index contributed by atoms with van der Waals surface area (Å²) in [5, 5.41) is 0. The molecule has 0 spiro atoms. The first kappa shape index (κ1) is 47.8. The predicted octanol–water partition coefficient (Wildman–Crippen LogP) is 12.0. The molecule has 0 rings (SSSR count). The van der Waals surface area contributed by atoms with Crippen LogP contribution in [0.4, 0.5) is 0 Å². The quantitative estimate of drug-likeness (QED) is 0.0212. The minimum atomic E-state index is -4.29. The summed E-state index contributed by atoms with van der Waals surface area (Å²) in [6.07, 6.45) is 41.5. The van der Waals surface area contributed by atoms with Crippen LogP contribution in [0.25, 0.3) is 0 Å². The summed E-state index contributed by atoms with van der Waals surface area (Å²) in [6.45, 7) is 4.22. The number of phosphoric acid groups is 1. The predicted molar refractivity (Wildman–Crippen MR) is 206 cm³/mol. The van der Waals surface area contributed by atoms with Gasteiger partial charge in [-0.1, -0.05) is 154 Å². The molecule has 0 saturated carbocycles. The number of phosphoric ester groups is 1. The van der Waals surface area contributed by atoms with Crippen molar-refractivity contribution in [3.05, 3.63) is 24.5 Å². The van der Waals surface area contributed by atoms with Gasteiger partial charge in [0.1, 0.15) is 6.61 Å². The third kappa shape index (κ3) is 37.9. The molecule has 0 aromatic carbocycles. The van der Waals surface area contributed by atoms with Gasteiger partial charge in [-0.2, -0.15) is 0 Å². The van der Waals surface area contributed by atoms with E-state index in [1.807, 2.05) is 6.08 Å². The molecule has 8 nitrogen and oxygen atoms in total. The highest BCUT2D eigenvalue weighted by Gasteiger charge is 2.25. The maximum absolute atomic E-state index is 12.5. The number of hydrogen-bond acceptors (Lipinski definition) is 7. The van der Waals surface area contributed by atoms with Crippen molar-refractivity contribution >= 4 is 13.8 Å². The first-order valence-corrected chi connectivity index (χ1v) is 21.9. The molecule has 0 aliphatic carbocycles. The van der Waals surface area contributed by atoms with Gasteiger partial charge in [-0.3, -0.25) is 13.8 Å². The highest BCUT2D eigenvalue weighted by molar-refractivity contribution is 7.47. The number of ether oxygens (including phenoxy) is 2. The molecule has 9 heteroatoms. The molecule has 0 amide bonds. The van der Waals surface area contributed by atoms with Crippen LogP contribution < -0.4 is 5.73 Å². The summed E-state index contributed by atoms with van der Waals surface area (Å²) in [4.78, 5) is 22.4. The van der Waals surface area contributed by atoms with E-state index in [1.165, 1.54) is 128 Å². The second-order valence-electron chi connectivity index (χ2n) is 13.6. The Morgan fingerprint density at radius 3 is 1.55 bits per heavy atom. The Hall–Kier alpha value is -1.18. The fourth-order valence-electron chi connectivity index (χ4n) is 5.66. The lowest BCUT2D eigenvalue weighted by atomic mass is 10.0. The molecule has 0 heterocycles. The second kappa shape index (κ2) is 38.1. The Bertz CT molecular complexity index is 807. The lowest BCUT2D eigenvalue weighted by Crippen LogP contribution is -2.27. The van der Waals surface area contributed by atoms with E-state index in [9.17, 15) is 14.3 Å². The van der Waals surface area contributed by atoms with Crippen LogP contribution in [0.1, 0.15) is 194 Å². The van der Waals surface area contributed by atoms with E-state index in [2.05, 4.69) is 26.0 Å². The highest BCUT2D eigenvalue weighted by Crippen LogP contribution is 2.43. The van der Waals surface area contributed by atoms with Gasteiger partial charge in [0.2, 0.25) is 0 Å². The SMILES string of the molecule is CCCCC/C=C/CCCCCCCC(=O)O[C@@H](CO/C=C/CCCCCCCCCCCCCCCCCC)COP(=O)(O)OCCN. The second-order valence-corrected chi connectivity index (χ2v) is 15.0. The molecular formula is C40H78NO7P. The van der Waals surface area contributed by atoms with Crippen molar-refractivity contribution in [1.82, 2.24) is 0 Å². The van der Waals surface area contributed by atoms with Gasteiger partial charge in [-0.25, -0.2) is 4.57 Å². The van der Waals surface area contributed by atoms with Crippen LogP contribution in [-0.4, -0.2) is 43.3 Å². The number of allylic oxidation sites excluding steroid dienone is 3. The number of unbranched alkanes of at least 4 members (excludes halogenated alkanes) is 24. The molecule has 290 valence electrons. The maximum Gasteiger partial charge on any atom is 0.472 e. The van der Waals surface area contributed by atoms with E-state index < -0.39 is 13.9 Å². The number of nitrogens with two attached hydrogens (primary N) is 1. The van der Waals surface area contributed by atoms with E-state index in [4.69, 9.17) is 24.3 Å². The van der Waals surface area contributed by atoms with Crippen LogP contribution in [0.15, 0.2) is 24.5 Å². The molecule has 0 saturated heterocycles. The fourth-order valence-corrected chi connectivity index (χ4v) is 6.43. The van der Waals surface area contributed by atoms with Crippen LogP contribution in [0.5, 0.6) is 0 Å². The molecule has 0 radical (unpaired) electrons. The molecule has 49 heavy (non-hydrogen) atoms. The average Bonchev–Trinajstić information content (AvgIpc) is 3.09. The van der Waals surface area contributed by atoms with E-state index >= 15 is 0 Å². The van der Waals surface area contributed by atoms with E-state index in [0.29, 0.717) is 6.42 Å². The number of rotatable bonds is 39. The summed E-state index contributed by atoms with van der Waals surface area (Å²) >= 11 is 0. The molecule has 3 N–H and O–H groups in total. The summed E-state index contributed by atoms with van der Waals surface area (Å²) in [6, 6.07) is 0. The molecular weight excluding hydrogens is 637 g/mol. The largest absolute Gasteiger partial charge is 0.498 e. The molecule has 0 aromatic rings. The van der Waals surface area contributed by atoms with Crippen molar-refractivity contribution in [2.75, 3.05) is 26.4 Å². The number of carbonyl (C=O) groups excluding carboxylic acids is 1. The molecule has 1 unspecified atom stereocenters. The Labute approximate surface area is 302 Å². The Morgan fingerprint density at radius 1 is 0.612 bits per heavy atom. The molecule has 2 atom stereocenters. The minimum Gasteiger partial charge on any atom is -0.498 e. The van der Waals surface area contributed by atoms with Crippen LogP contribution in [-0.2, 0) is 27.9 Å². The van der Waals surface area contributed by atoms with Crippen molar-refractivity contribution in [3.8, 4) is 0 Å². The topological polar surface area (TPSA) is 117 Å². The summed E-state index contributed by atoms with van der Waals surface area (Å²) < 4.78 is 33.1. The van der Waals surface area contributed by atoms with Gasteiger partial charge in [0.05, 0.1) is 19.5 Å². The maximum atomic E-state index is 12.5. The molecule has 0 fully saturated rings. The number of esters is 1. The summed E-state index contributed by atoms with van der Waals surface area (Å²) in [5.74, 6) is -0.361. The standard InChI is InChI=1S/C40H78NO7P/c1-3-5-7-9-11-13-15-17-18-19-20-21-22-24-26-28-30-32-35-45-37-39(38-47-49(43,44)46-36-34-41)48-40(42)33-31-29-27-25-23-16-14-12-10-8-6-4-2/h12,14,32,35,39H,3-11,13,15-31,33-34,36-38,41H2,1-2H3,(H,43,44)/b14-12+,35-32+/t39-/m0/s1. The average molecular weight is 716 g/mol. The summed E-state index contributed by atoms with van der Waals surface area (Å²) in [7, 11) is -4.29. The fraction of sp³-hybridized carbons (Fsp3) is 0.875. The van der Waals surface area contributed by atoms with E-state index in [1.54, 1.807) is 6.26 Å². The van der Waals surface area contributed by atoms with Crippen LogP contribution >= 0.6 is 7.82 Å². The van der Waals surface area contributed by atoms with Crippen molar-refractivity contribution in [1.29, 1.82) is 0 Å². The van der Waals surface area contributed by atoms with E-state index in [0.717, 1.165) is 44.9 Å². The van der Waals surface area contributed by atoms with Gasteiger partial charge in [0.15, 0.2) is 6.10 Å². The van der Waals surface area contributed by atoms with Crippen molar-refractivity contribution < 1.29 is 32.8 Å². The van der Waals surface area contributed by atoms with Crippen LogP contribution in [0.3, 0.4) is 0 Å². The monoisotopic (exact) mass is 716 g/mol. The summed E-state index contributed by atoms with van der Waals surface area (Å²) in [5.41, 5.74) is 5.35. The van der Waals surface area contributed by atoms with Gasteiger partial charge in [0.25, 0.3) is 0 Å². The van der Waals surface area contributed by atoms with Crippen LogP contribution in [0, 0.1) is 0 Å². The van der Waals surface area contributed by atoms with Gasteiger partial charge in [0, 0.05) is 13.0 Å². The van der Waals surface area contributed by atoms with Gasteiger partial charge in [-0.15, -0.1) is 0 Å². The Balaban J connectivity index is 4.07. The lowest BCUT2D eigenvalue weighted by Gasteiger charge is -2.19. The van der Waals surface area contributed by atoms with Gasteiger partial charge >= 0.3 is 13.8 Å². The smallest absolute Gasteiger partial charge is 0.472 e. The third-order valence-corrected chi connectivity index (χ3v) is 9.67. The van der Waals surface area contributed by atoms with Crippen molar-refractivity contribution in [2.45, 2.75) is 200 Å². The first-order chi connectivity index (χ1) is 23.9. The minimum absolute atomic E-state index is 0.0318. The van der Waals surface area contributed by atoms with Crippen molar-refractivity contribution in [3.63, 3.8) is 0 Å². The highest BCUT2D eigenvalue weighted by atomic mass is 31.2. The number of carbonyl (C=O) groups is 1. The molecule has 0 bridgehead atoms. The van der Waals surface area contributed by atoms with Crippen molar-refractivity contribution in [2.24, 2.45) is 5.73 Å². The zero-order valence-corrected chi connectivity index (χ0v) is 32.8. The van der Waals surface area contributed by atoms with Gasteiger partial charge in [-0.05, 0) is 51.0 Å². The first-order valence-electron chi connectivity index (χ1n) is 20.4.